The number of unbranched alkanes of at least 4 members (excludes halogenated alkanes) is 18. The van der Waals surface area contributed by atoms with Gasteiger partial charge in [-0.1, -0.05) is 189 Å². The Kier molecular flexibility index (Phi) is 45.9. The third-order valence-corrected chi connectivity index (χ3v) is 10.8. The Morgan fingerprint density at radius 1 is 0.500 bits per heavy atom. The molecule has 3 N–H and O–H groups in total. The Morgan fingerprint density at radius 2 is 0.883 bits per heavy atom. The first-order chi connectivity index (χ1) is 29.4. The van der Waals surface area contributed by atoms with E-state index >= 15 is 0 Å². The Balaban J connectivity index is 3.98. The molecule has 2 unspecified atom stereocenters. The van der Waals surface area contributed by atoms with Gasteiger partial charge in [-0.2, -0.15) is 0 Å². The van der Waals surface area contributed by atoms with Crippen molar-refractivity contribution in [1.29, 1.82) is 0 Å². The van der Waals surface area contributed by atoms with Crippen molar-refractivity contribution in [2.75, 3.05) is 33.0 Å². The van der Waals surface area contributed by atoms with Gasteiger partial charge in [-0.25, -0.2) is 4.57 Å². The van der Waals surface area contributed by atoms with Crippen molar-refractivity contribution in [2.45, 2.75) is 200 Å². The Bertz CT molecular complexity index is 1190. The summed E-state index contributed by atoms with van der Waals surface area (Å²) < 4.78 is 33.5. The van der Waals surface area contributed by atoms with Crippen molar-refractivity contribution in [2.24, 2.45) is 5.73 Å². The van der Waals surface area contributed by atoms with E-state index in [0.29, 0.717) is 13.0 Å². The highest BCUT2D eigenvalue weighted by Gasteiger charge is 2.25. The molecule has 0 aromatic rings. The maximum Gasteiger partial charge on any atom is 0.472 e. The lowest BCUT2D eigenvalue weighted by Crippen LogP contribution is -2.28. The molecule has 0 heterocycles. The molecule has 9 heteroatoms. The largest absolute Gasteiger partial charge is 0.472 e. The summed E-state index contributed by atoms with van der Waals surface area (Å²) in [7, 11) is -4.29. The first-order valence-corrected chi connectivity index (χ1v) is 25.6. The number of esters is 1. The zero-order chi connectivity index (χ0) is 43.7. The van der Waals surface area contributed by atoms with E-state index < -0.39 is 13.9 Å². The minimum Gasteiger partial charge on any atom is -0.457 e. The van der Waals surface area contributed by atoms with Gasteiger partial charge in [-0.15, -0.1) is 0 Å². The van der Waals surface area contributed by atoms with Gasteiger partial charge in [0.15, 0.2) is 0 Å². The molecule has 0 fully saturated rings. The molecule has 0 aliphatic carbocycles. The van der Waals surface area contributed by atoms with Gasteiger partial charge in [-0.05, 0) is 83.5 Å². The number of hydrogen-bond acceptors (Lipinski definition) is 7. The van der Waals surface area contributed by atoms with E-state index in [1.807, 2.05) is 0 Å². The summed E-state index contributed by atoms with van der Waals surface area (Å²) in [5, 5.41) is 0. The molecule has 0 spiro atoms. The van der Waals surface area contributed by atoms with Crippen LogP contribution < -0.4 is 5.73 Å². The van der Waals surface area contributed by atoms with Gasteiger partial charge >= 0.3 is 13.8 Å². The van der Waals surface area contributed by atoms with Crippen LogP contribution in [0.1, 0.15) is 194 Å². The fraction of sp³-hybridized carbons (Fsp3) is 0.706. The summed E-state index contributed by atoms with van der Waals surface area (Å²) in [6, 6.07) is 0. The SMILES string of the molecule is CC/C=C\C/C=C\C/C=C\C/C=C\CCCCCCCCCCCCCOCC(COP(=O)(O)OCCN)OC(=O)CCCCCCCCC/C=C\C/C=C\C/C=C\CC. The minimum absolute atomic E-state index is 0.0940. The summed E-state index contributed by atoms with van der Waals surface area (Å²) >= 11 is 0. The molecular formula is C51H90NO7P. The molecule has 0 bridgehead atoms. The number of phosphoric ester groups is 1. The lowest BCUT2D eigenvalue weighted by Gasteiger charge is -2.20. The zero-order valence-electron chi connectivity index (χ0n) is 38.4. The summed E-state index contributed by atoms with van der Waals surface area (Å²) in [6.07, 6.45) is 61.8. The quantitative estimate of drug-likeness (QED) is 0.0269. The fourth-order valence-corrected chi connectivity index (χ4v) is 7.12. The first-order valence-electron chi connectivity index (χ1n) is 24.1. The Morgan fingerprint density at radius 3 is 1.32 bits per heavy atom. The average Bonchev–Trinajstić information content (AvgIpc) is 3.24. The molecule has 0 aromatic carbocycles. The minimum atomic E-state index is -4.29. The number of carbonyl (C=O) groups is 1. The van der Waals surface area contributed by atoms with Gasteiger partial charge in [0.1, 0.15) is 6.10 Å². The highest BCUT2D eigenvalue weighted by molar-refractivity contribution is 7.47. The topological polar surface area (TPSA) is 117 Å². The highest BCUT2D eigenvalue weighted by Crippen LogP contribution is 2.43. The Hall–Kier alpha value is -2.32. The molecule has 346 valence electrons. The number of ether oxygens (including phenoxy) is 2. The van der Waals surface area contributed by atoms with Gasteiger partial charge < -0.3 is 20.1 Å². The third kappa shape index (κ3) is 46.7. The summed E-state index contributed by atoms with van der Waals surface area (Å²) in [5.74, 6) is -0.344. The maximum absolute atomic E-state index is 12.6. The third-order valence-electron chi connectivity index (χ3n) is 9.81. The molecule has 8 nitrogen and oxygen atoms in total. The van der Waals surface area contributed by atoms with Gasteiger partial charge in [0, 0.05) is 19.6 Å². The second-order valence-corrected chi connectivity index (χ2v) is 17.0. The number of carbonyl (C=O) groups excluding carboxylic acids is 1. The summed E-state index contributed by atoms with van der Waals surface area (Å²) in [6.45, 7) is 4.67. The number of hydrogen-bond donors (Lipinski definition) is 2. The van der Waals surface area contributed by atoms with E-state index in [4.69, 9.17) is 24.3 Å². The molecule has 0 radical (unpaired) electrons. The molecule has 2 atom stereocenters. The first kappa shape index (κ1) is 57.7. The van der Waals surface area contributed by atoms with E-state index in [0.717, 1.165) is 83.5 Å². The number of nitrogens with two attached hydrogens (primary N) is 1. The standard InChI is InChI=1S/C51H90NO7P/c1-3-5-7-9-11-13-15-17-19-21-22-23-24-25-26-27-29-31-33-35-37-39-41-43-46-56-48-50(49-58-60(54,55)57-47-45-52)59-51(53)44-42-40-38-36-34-32-30-28-20-18-16-14-12-10-8-6-4-2/h5-8,11-14,17-20,22-23,50H,3-4,9-10,15-16,21,24-49,52H2,1-2H3,(H,54,55)/b7-5-,8-6-,13-11-,14-12-,19-17-,20-18-,23-22-. The predicted octanol–water partition coefficient (Wildman–Crippen LogP) is 14.9. The maximum atomic E-state index is 12.6. The van der Waals surface area contributed by atoms with Crippen LogP contribution in [-0.2, 0) is 27.9 Å². The number of phosphoric acid groups is 1. The van der Waals surface area contributed by atoms with Crippen molar-refractivity contribution in [3.63, 3.8) is 0 Å². The molecular weight excluding hydrogens is 770 g/mol. The zero-order valence-corrected chi connectivity index (χ0v) is 39.3. The van der Waals surface area contributed by atoms with E-state index in [2.05, 4.69) is 98.9 Å². The molecule has 0 aliphatic rings. The second-order valence-electron chi connectivity index (χ2n) is 15.6. The van der Waals surface area contributed by atoms with Crippen LogP contribution >= 0.6 is 7.82 Å². The fourth-order valence-electron chi connectivity index (χ4n) is 6.36. The monoisotopic (exact) mass is 860 g/mol. The smallest absolute Gasteiger partial charge is 0.457 e. The number of allylic oxidation sites excluding steroid dienone is 14. The van der Waals surface area contributed by atoms with E-state index in [1.54, 1.807) is 0 Å². The van der Waals surface area contributed by atoms with Gasteiger partial charge in [0.05, 0.1) is 19.8 Å². The highest BCUT2D eigenvalue weighted by atomic mass is 31.2. The van der Waals surface area contributed by atoms with Crippen LogP contribution in [0.15, 0.2) is 85.1 Å². The van der Waals surface area contributed by atoms with Crippen LogP contribution in [-0.4, -0.2) is 49.9 Å². The molecule has 0 amide bonds. The average molecular weight is 860 g/mol. The van der Waals surface area contributed by atoms with Crippen molar-refractivity contribution in [3.05, 3.63) is 85.1 Å². The molecule has 0 saturated carbocycles. The van der Waals surface area contributed by atoms with Gasteiger partial charge in [0.25, 0.3) is 0 Å². The second kappa shape index (κ2) is 47.7. The molecule has 0 aliphatic heterocycles. The van der Waals surface area contributed by atoms with Crippen LogP contribution in [0.3, 0.4) is 0 Å². The van der Waals surface area contributed by atoms with Gasteiger partial charge in [0.2, 0.25) is 0 Å². The summed E-state index contributed by atoms with van der Waals surface area (Å²) in [5.41, 5.74) is 5.38. The van der Waals surface area contributed by atoms with Crippen LogP contribution in [0.4, 0.5) is 0 Å². The van der Waals surface area contributed by atoms with E-state index in [9.17, 15) is 14.3 Å². The summed E-state index contributed by atoms with van der Waals surface area (Å²) in [4.78, 5) is 22.6. The van der Waals surface area contributed by atoms with Crippen LogP contribution in [0, 0.1) is 0 Å². The Labute approximate surface area is 368 Å². The molecule has 60 heavy (non-hydrogen) atoms. The van der Waals surface area contributed by atoms with Crippen LogP contribution in [0.5, 0.6) is 0 Å². The normalized spacial score (nSPS) is 14.1. The van der Waals surface area contributed by atoms with Crippen molar-refractivity contribution in [3.8, 4) is 0 Å². The lowest BCUT2D eigenvalue weighted by molar-refractivity contribution is -0.154. The molecule has 0 rings (SSSR count). The van der Waals surface area contributed by atoms with E-state index in [-0.39, 0.29) is 32.3 Å². The van der Waals surface area contributed by atoms with Crippen molar-refractivity contribution in [1.82, 2.24) is 0 Å². The van der Waals surface area contributed by atoms with Crippen LogP contribution in [0.25, 0.3) is 0 Å². The van der Waals surface area contributed by atoms with E-state index in [1.165, 1.54) is 89.9 Å². The van der Waals surface area contributed by atoms with Crippen molar-refractivity contribution >= 4 is 13.8 Å². The number of rotatable bonds is 45. The lowest BCUT2D eigenvalue weighted by atomic mass is 10.1. The van der Waals surface area contributed by atoms with Crippen molar-refractivity contribution < 1.29 is 32.8 Å². The predicted molar refractivity (Wildman–Crippen MR) is 256 cm³/mol. The molecule has 0 saturated heterocycles. The van der Waals surface area contributed by atoms with Crippen LogP contribution in [0.2, 0.25) is 0 Å². The van der Waals surface area contributed by atoms with Gasteiger partial charge in [-0.3, -0.25) is 13.8 Å². The molecule has 0 aromatic heterocycles.